The van der Waals surface area contributed by atoms with Gasteiger partial charge >= 0.3 is 0 Å². The number of benzene rings is 1. The van der Waals surface area contributed by atoms with Gasteiger partial charge in [-0.3, -0.25) is 20.3 Å². The van der Waals surface area contributed by atoms with Crippen molar-refractivity contribution in [3.05, 3.63) is 35.9 Å². The van der Waals surface area contributed by atoms with Gasteiger partial charge in [0.1, 0.15) is 6.29 Å². The van der Waals surface area contributed by atoms with Crippen LogP contribution in [0.1, 0.15) is 18.0 Å². The van der Waals surface area contributed by atoms with Crippen molar-refractivity contribution in [1.82, 2.24) is 20.9 Å². The maximum atomic E-state index is 11.9. The van der Waals surface area contributed by atoms with E-state index in [0.717, 1.165) is 45.0 Å². The number of ether oxygens (including phenoxy) is 1. The molecule has 0 bridgehead atoms. The summed E-state index contributed by atoms with van der Waals surface area (Å²) in [6.45, 7) is 5.40. The monoisotopic (exact) mass is 304 g/mol. The molecule has 1 amide bonds. The average molecular weight is 304 g/mol. The highest BCUT2D eigenvalue weighted by Crippen LogP contribution is 2.18. The van der Waals surface area contributed by atoms with Gasteiger partial charge in [0, 0.05) is 38.6 Å². The highest BCUT2D eigenvalue weighted by atomic mass is 16.5. The van der Waals surface area contributed by atoms with Gasteiger partial charge in [-0.1, -0.05) is 30.3 Å². The Morgan fingerprint density at radius 1 is 1.23 bits per heavy atom. The Kier molecular flexibility index (Phi) is 5.39. The van der Waals surface area contributed by atoms with Gasteiger partial charge < -0.3 is 10.1 Å². The first kappa shape index (κ1) is 15.4. The van der Waals surface area contributed by atoms with E-state index in [-0.39, 0.29) is 18.2 Å². The van der Waals surface area contributed by atoms with Gasteiger partial charge in [-0.2, -0.15) is 0 Å². The molecule has 0 radical (unpaired) electrons. The van der Waals surface area contributed by atoms with Crippen LogP contribution >= 0.6 is 0 Å². The molecule has 0 aliphatic carbocycles. The lowest BCUT2D eigenvalue weighted by atomic mass is 10.0. The normalized spacial score (nSPS) is 26.6. The zero-order valence-electron chi connectivity index (χ0n) is 12.8. The van der Waals surface area contributed by atoms with Crippen LogP contribution in [0.2, 0.25) is 0 Å². The second-order valence-corrected chi connectivity index (χ2v) is 5.74. The molecule has 2 fully saturated rings. The molecule has 0 saturated carbocycles. The van der Waals surface area contributed by atoms with Gasteiger partial charge in [-0.25, -0.2) is 0 Å². The van der Waals surface area contributed by atoms with E-state index in [1.165, 1.54) is 0 Å². The molecule has 3 rings (SSSR count). The van der Waals surface area contributed by atoms with Crippen LogP contribution in [0.4, 0.5) is 0 Å². The number of carbonyl (C=O) groups excluding carboxylic acids is 1. The summed E-state index contributed by atoms with van der Waals surface area (Å²) in [4.78, 5) is 14.3. The molecular weight excluding hydrogens is 280 g/mol. The van der Waals surface area contributed by atoms with Crippen molar-refractivity contribution >= 4 is 5.91 Å². The number of nitrogens with zero attached hydrogens (tertiary/aromatic N) is 1. The minimum absolute atomic E-state index is 0.0656. The summed E-state index contributed by atoms with van der Waals surface area (Å²) >= 11 is 0. The minimum atomic E-state index is -0.174. The van der Waals surface area contributed by atoms with E-state index < -0.39 is 0 Å². The molecule has 120 valence electrons. The number of amides is 1. The minimum Gasteiger partial charge on any atom is -0.379 e. The Morgan fingerprint density at radius 2 is 2.00 bits per heavy atom. The van der Waals surface area contributed by atoms with E-state index in [4.69, 9.17) is 4.74 Å². The molecule has 0 spiro atoms. The molecule has 6 heteroatoms. The SMILES string of the molecule is O=C1CC(c2ccccc2)NC(NCCN2CCOCC2)N1. The van der Waals surface area contributed by atoms with Crippen molar-refractivity contribution in [3.8, 4) is 0 Å². The molecule has 6 nitrogen and oxygen atoms in total. The molecule has 0 aromatic heterocycles. The fourth-order valence-corrected chi connectivity index (χ4v) is 2.91. The number of hydrogen-bond acceptors (Lipinski definition) is 5. The fraction of sp³-hybridized carbons (Fsp3) is 0.562. The van der Waals surface area contributed by atoms with Gasteiger partial charge in [-0.15, -0.1) is 0 Å². The number of rotatable bonds is 5. The number of nitrogens with one attached hydrogen (secondary N) is 3. The first-order valence-electron chi connectivity index (χ1n) is 7.95. The zero-order valence-corrected chi connectivity index (χ0v) is 12.8. The highest BCUT2D eigenvalue weighted by Gasteiger charge is 2.26. The molecule has 2 unspecified atom stereocenters. The smallest absolute Gasteiger partial charge is 0.224 e. The van der Waals surface area contributed by atoms with Crippen LogP contribution in [-0.4, -0.2) is 56.5 Å². The lowest BCUT2D eigenvalue weighted by Gasteiger charge is -2.33. The largest absolute Gasteiger partial charge is 0.379 e. The van der Waals surface area contributed by atoms with Crippen LogP contribution in [0.3, 0.4) is 0 Å². The van der Waals surface area contributed by atoms with Gasteiger partial charge in [0.15, 0.2) is 0 Å². The molecular formula is C16H24N4O2. The van der Waals surface area contributed by atoms with Crippen molar-refractivity contribution < 1.29 is 9.53 Å². The van der Waals surface area contributed by atoms with Gasteiger partial charge in [0.25, 0.3) is 0 Å². The van der Waals surface area contributed by atoms with Gasteiger partial charge in [0.05, 0.1) is 13.2 Å². The van der Waals surface area contributed by atoms with E-state index in [1.807, 2.05) is 18.2 Å². The molecule has 2 atom stereocenters. The topological polar surface area (TPSA) is 65.6 Å². The third-order valence-corrected chi connectivity index (χ3v) is 4.14. The Bertz CT molecular complexity index is 476. The molecule has 2 aliphatic rings. The Morgan fingerprint density at radius 3 is 2.77 bits per heavy atom. The summed E-state index contributed by atoms with van der Waals surface area (Å²) in [6.07, 6.45) is 0.304. The van der Waals surface area contributed by atoms with Crippen LogP contribution in [0.5, 0.6) is 0 Å². The maximum Gasteiger partial charge on any atom is 0.224 e. The highest BCUT2D eigenvalue weighted by molar-refractivity contribution is 5.77. The van der Waals surface area contributed by atoms with E-state index in [2.05, 4.69) is 33.0 Å². The second-order valence-electron chi connectivity index (χ2n) is 5.74. The third-order valence-electron chi connectivity index (χ3n) is 4.14. The van der Waals surface area contributed by atoms with E-state index >= 15 is 0 Å². The molecule has 2 saturated heterocycles. The van der Waals surface area contributed by atoms with Crippen LogP contribution in [-0.2, 0) is 9.53 Å². The van der Waals surface area contributed by atoms with Crippen LogP contribution < -0.4 is 16.0 Å². The second kappa shape index (κ2) is 7.69. The summed E-state index contributed by atoms with van der Waals surface area (Å²) in [5.74, 6) is 0.0801. The Hall–Kier alpha value is -1.47. The first-order valence-corrected chi connectivity index (χ1v) is 7.95. The fourth-order valence-electron chi connectivity index (χ4n) is 2.91. The molecule has 2 heterocycles. The van der Waals surface area contributed by atoms with Crippen molar-refractivity contribution in [2.24, 2.45) is 0 Å². The molecule has 1 aromatic rings. The Balaban J connectivity index is 1.47. The van der Waals surface area contributed by atoms with Crippen molar-refractivity contribution in [2.45, 2.75) is 18.8 Å². The van der Waals surface area contributed by atoms with Gasteiger partial charge in [0.2, 0.25) is 5.91 Å². The van der Waals surface area contributed by atoms with E-state index in [9.17, 15) is 4.79 Å². The van der Waals surface area contributed by atoms with Crippen molar-refractivity contribution in [2.75, 3.05) is 39.4 Å². The lowest BCUT2D eigenvalue weighted by molar-refractivity contribution is -0.124. The average Bonchev–Trinajstić information content (AvgIpc) is 2.56. The summed E-state index contributed by atoms with van der Waals surface area (Å²) < 4.78 is 5.34. The number of hydrogen-bond donors (Lipinski definition) is 3. The number of carbonyl (C=O) groups is 1. The number of morpholine rings is 1. The predicted molar refractivity (Wildman–Crippen MR) is 84.1 cm³/mol. The summed E-state index contributed by atoms with van der Waals surface area (Å²) in [7, 11) is 0. The van der Waals surface area contributed by atoms with Crippen molar-refractivity contribution in [1.29, 1.82) is 0 Å². The predicted octanol–water partition coefficient (Wildman–Crippen LogP) is 0.0426. The summed E-state index contributed by atoms with van der Waals surface area (Å²) in [5, 5.41) is 9.77. The maximum absolute atomic E-state index is 11.9. The molecule has 22 heavy (non-hydrogen) atoms. The summed E-state index contributed by atoms with van der Waals surface area (Å²) in [5.41, 5.74) is 1.15. The summed E-state index contributed by atoms with van der Waals surface area (Å²) in [6, 6.07) is 10.2. The first-order chi connectivity index (χ1) is 10.8. The molecule has 3 N–H and O–H groups in total. The van der Waals surface area contributed by atoms with E-state index in [1.54, 1.807) is 0 Å². The van der Waals surface area contributed by atoms with E-state index in [0.29, 0.717) is 6.42 Å². The third kappa shape index (κ3) is 4.27. The standard InChI is InChI=1S/C16H24N4O2/c21-15-12-14(13-4-2-1-3-5-13)18-16(19-15)17-6-7-20-8-10-22-11-9-20/h1-5,14,16-18H,6-12H2,(H,19,21). The molecule has 2 aliphatic heterocycles. The lowest BCUT2D eigenvalue weighted by Crippen LogP contribution is -2.60. The van der Waals surface area contributed by atoms with Gasteiger partial charge in [-0.05, 0) is 5.56 Å². The quantitative estimate of drug-likeness (QED) is 0.717. The van der Waals surface area contributed by atoms with Crippen LogP contribution in [0.25, 0.3) is 0 Å². The Labute approximate surface area is 131 Å². The zero-order chi connectivity index (χ0) is 15.2. The van der Waals surface area contributed by atoms with Crippen LogP contribution in [0.15, 0.2) is 30.3 Å². The van der Waals surface area contributed by atoms with Crippen molar-refractivity contribution in [3.63, 3.8) is 0 Å². The molecule has 1 aromatic carbocycles. The van der Waals surface area contributed by atoms with Crippen LogP contribution in [0, 0.1) is 0 Å².